The van der Waals surface area contributed by atoms with Crippen LogP contribution >= 0.6 is 46.4 Å². The van der Waals surface area contributed by atoms with Gasteiger partial charge in [0.1, 0.15) is 24.7 Å². The van der Waals surface area contributed by atoms with Crippen LogP contribution in [0, 0.1) is 0 Å². The SMILES string of the molecule is Clc1cc(O[B]Oc2cc(Cl)c(OCc3ccccc3)c(Cl)c2)cc(Cl)c1OCc1ccccc1. The Hall–Kier alpha value is -2.70. The number of hydrogen-bond donors (Lipinski definition) is 0. The van der Waals surface area contributed by atoms with Gasteiger partial charge in [0, 0.05) is 24.3 Å². The lowest BCUT2D eigenvalue weighted by molar-refractivity contribution is 0.306. The highest BCUT2D eigenvalue weighted by atomic mass is 35.5. The summed E-state index contributed by atoms with van der Waals surface area (Å²) in [5.41, 5.74) is 1.99. The molecule has 177 valence electrons. The lowest BCUT2D eigenvalue weighted by atomic mass is 10.2. The minimum absolute atomic E-state index is 0.308. The number of benzene rings is 4. The van der Waals surface area contributed by atoms with E-state index in [1.54, 1.807) is 24.3 Å². The molecule has 1 radical (unpaired) electrons. The molecule has 0 aliphatic carbocycles. The fraction of sp³-hybridized carbons (Fsp3) is 0.0769. The van der Waals surface area contributed by atoms with E-state index in [1.807, 2.05) is 60.7 Å². The molecule has 0 bridgehead atoms. The first-order valence-corrected chi connectivity index (χ1v) is 12.0. The van der Waals surface area contributed by atoms with Crippen LogP contribution in [0.15, 0.2) is 84.9 Å². The molecule has 4 aromatic rings. The first-order valence-electron chi connectivity index (χ1n) is 10.5. The van der Waals surface area contributed by atoms with Crippen LogP contribution in [0.5, 0.6) is 23.0 Å². The molecule has 0 N–H and O–H groups in total. The van der Waals surface area contributed by atoms with E-state index in [9.17, 15) is 0 Å². The van der Waals surface area contributed by atoms with Crippen molar-refractivity contribution in [2.45, 2.75) is 13.2 Å². The van der Waals surface area contributed by atoms with Crippen molar-refractivity contribution in [2.75, 3.05) is 0 Å². The van der Waals surface area contributed by atoms with Gasteiger partial charge < -0.3 is 18.8 Å². The topological polar surface area (TPSA) is 36.9 Å². The third kappa shape index (κ3) is 7.15. The molecule has 0 aliphatic heterocycles. The van der Waals surface area contributed by atoms with Gasteiger partial charge in [0.2, 0.25) is 0 Å². The average Bonchev–Trinajstić information content (AvgIpc) is 2.84. The van der Waals surface area contributed by atoms with E-state index in [0.29, 0.717) is 56.3 Å². The van der Waals surface area contributed by atoms with Crippen molar-refractivity contribution in [1.29, 1.82) is 0 Å². The van der Waals surface area contributed by atoms with Gasteiger partial charge in [-0.15, -0.1) is 0 Å². The fourth-order valence-corrected chi connectivity index (χ4v) is 4.23. The Labute approximate surface area is 224 Å². The summed E-state index contributed by atoms with van der Waals surface area (Å²) in [6.07, 6.45) is 0. The van der Waals surface area contributed by atoms with Crippen LogP contribution < -0.4 is 18.8 Å². The van der Waals surface area contributed by atoms with E-state index in [0.717, 1.165) is 18.8 Å². The third-order valence-corrected chi connectivity index (χ3v) is 5.89. The predicted octanol–water partition coefficient (Wildman–Crippen LogP) is 8.45. The van der Waals surface area contributed by atoms with Gasteiger partial charge in [-0.1, -0.05) is 107 Å². The molecule has 0 aromatic heterocycles. The molecule has 0 spiro atoms. The van der Waals surface area contributed by atoms with Crippen LogP contribution in [-0.4, -0.2) is 7.69 Å². The van der Waals surface area contributed by atoms with Crippen molar-refractivity contribution in [2.24, 2.45) is 0 Å². The molecule has 4 aromatic carbocycles. The van der Waals surface area contributed by atoms with Crippen molar-refractivity contribution >= 4 is 54.1 Å². The minimum Gasteiger partial charge on any atom is -0.526 e. The smallest absolute Gasteiger partial charge is 0.526 e. The number of hydrogen-bond acceptors (Lipinski definition) is 4. The molecule has 4 rings (SSSR count). The second-order valence-electron chi connectivity index (χ2n) is 7.31. The van der Waals surface area contributed by atoms with Gasteiger partial charge >= 0.3 is 7.69 Å². The van der Waals surface area contributed by atoms with Crippen molar-refractivity contribution < 1.29 is 18.8 Å². The maximum Gasteiger partial charge on any atom is 0.658 e. The van der Waals surface area contributed by atoms with Gasteiger partial charge in [-0.2, -0.15) is 0 Å². The quantitative estimate of drug-likeness (QED) is 0.187. The molecule has 0 fully saturated rings. The molecule has 0 aliphatic rings. The van der Waals surface area contributed by atoms with Crippen LogP contribution in [0.2, 0.25) is 20.1 Å². The maximum absolute atomic E-state index is 6.34. The fourth-order valence-electron chi connectivity index (χ4n) is 3.08. The van der Waals surface area contributed by atoms with Crippen molar-refractivity contribution in [3.8, 4) is 23.0 Å². The van der Waals surface area contributed by atoms with Crippen LogP contribution in [-0.2, 0) is 13.2 Å². The molecule has 0 unspecified atom stereocenters. The van der Waals surface area contributed by atoms with E-state index in [4.69, 9.17) is 65.2 Å². The molecule has 4 nitrogen and oxygen atoms in total. The lowest BCUT2D eigenvalue weighted by Crippen LogP contribution is -2.11. The molecule has 35 heavy (non-hydrogen) atoms. The Morgan fingerprint density at radius 3 is 1.20 bits per heavy atom. The molecule has 0 saturated carbocycles. The minimum atomic E-state index is 0.308. The predicted molar refractivity (Wildman–Crippen MR) is 141 cm³/mol. The van der Waals surface area contributed by atoms with Gasteiger partial charge in [0.05, 0.1) is 20.1 Å². The monoisotopic (exact) mass is 545 g/mol. The highest BCUT2D eigenvalue weighted by Crippen LogP contribution is 2.39. The Balaban J connectivity index is 1.32. The molecule has 0 heterocycles. The lowest BCUT2D eigenvalue weighted by Gasteiger charge is -2.14. The van der Waals surface area contributed by atoms with Gasteiger partial charge in [-0.25, -0.2) is 0 Å². The van der Waals surface area contributed by atoms with Crippen molar-refractivity contribution in [3.63, 3.8) is 0 Å². The zero-order valence-corrected chi connectivity index (χ0v) is 21.2. The standard InChI is InChI=1S/C26H18BCl4O4/c28-21-11-19(12-22(29)25(21)32-15-17-7-3-1-4-8-17)34-27-35-20-13-23(30)26(24(31)14-20)33-16-18-9-5-2-6-10-18/h1-14H,15-16H2. The zero-order valence-electron chi connectivity index (χ0n) is 18.2. The van der Waals surface area contributed by atoms with Crippen molar-refractivity contribution in [3.05, 3.63) is 116 Å². The summed E-state index contributed by atoms with van der Waals surface area (Å²) in [7, 11) is 1.12. The second-order valence-corrected chi connectivity index (χ2v) is 8.94. The summed E-state index contributed by atoms with van der Waals surface area (Å²) in [4.78, 5) is 0. The van der Waals surface area contributed by atoms with Gasteiger partial charge in [-0.3, -0.25) is 0 Å². The molecular weight excluding hydrogens is 529 g/mol. The van der Waals surface area contributed by atoms with Crippen LogP contribution in [0.1, 0.15) is 11.1 Å². The summed E-state index contributed by atoms with van der Waals surface area (Å²) in [6, 6.07) is 25.7. The number of ether oxygens (including phenoxy) is 2. The normalized spacial score (nSPS) is 10.5. The molecule has 0 saturated heterocycles. The number of rotatable bonds is 10. The van der Waals surface area contributed by atoms with E-state index < -0.39 is 0 Å². The third-order valence-electron chi connectivity index (χ3n) is 4.76. The van der Waals surface area contributed by atoms with E-state index in [2.05, 4.69) is 0 Å². The zero-order chi connectivity index (χ0) is 24.6. The van der Waals surface area contributed by atoms with E-state index in [-0.39, 0.29) is 0 Å². The summed E-state index contributed by atoms with van der Waals surface area (Å²) in [5.74, 6) is 1.48. The van der Waals surface area contributed by atoms with Gasteiger partial charge in [-0.05, 0) is 11.1 Å². The summed E-state index contributed by atoms with van der Waals surface area (Å²) in [5, 5.41) is 1.23. The molecular formula is C26H18BCl4O4. The Bertz CT molecular complexity index is 1130. The molecule has 0 amide bonds. The van der Waals surface area contributed by atoms with Gasteiger partial charge in [0.25, 0.3) is 0 Å². The van der Waals surface area contributed by atoms with Crippen LogP contribution in [0.3, 0.4) is 0 Å². The van der Waals surface area contributed by atoms with E-state index >= 15 is 0 Å². The van der Waals surface area contributed by atoms with Gasteiger partial charge in [0.15, 0.2) is 11.5 Å². The Morgan fingerprint density at radius 1 is 0.514 bits per heavy atom. The summed E-state index contributed by atoms with van der Waals surface area (Å²) >= 11 is 25.3. The first-order chi connectivity index (χ1) is 17.0. The highest BCUT2D eigenvalue weighted by Gasteiger charge is 2.14. The van der Waals surface area contributed by atoms with Crippen LogP contribution in [0.4, 0.5) is 0 Å². The first kappa shape index (κ1) is 25.4. The summed E-state index contributed by atoms with van der Waals surface area (Å²) < 4.78 is 22.6. The average molecular weight is 547 g/mol. The highest BCUT2D eigenvalue weighted by molar-refractivity contribution is 6.38. The molecule has 0 atom stereocenters. The van der Waals surface area contributed by atoms with Crippen molar-refractivity contribution in [1.82, 2.24) is 0 Å². The Morgan fingerprint density at radius 2 is 0.857 bits per heavy atom. The Kier molecular flexibility index (Phi) is 8.94. The maximum atomic E-state index is 6.34. The largest absolute Gasteiger partial charge is 0.658 e. The molecule has 9 heteroatoms. The second kappa shape index (κ2) is 12.3. The summed E-state index contributed by atoms with van der Waals surface area (Å²) in [6.45, 7) is 0.671. The number of halogens is 4. The van der Waals surface area contributed by atoms with E-state index in [1.165, 1.54) is 0 Å². The van der Waals surface area contributed by atoms with Crippen LogP contribution in [0.25, 0.3) is 0 Å².